The van der Waals surface area contributed by atoms with Crippen LogP contribution < -0.4 is 0 Å². The molecule has 0 aromatic rings. The molecule has 0 bridgehead atoms. The third-order valence-electron chi connectivity index (χ3n) is 4.90. The van der Waals surface area contributed by atoms with Crippen molar-refractivity contribution >= 4 is 17.8 Å². The Bertz CT molecular complexity index is 611. The Hall–Kier alpha value is -2.37. The smallest absolute Gasteiger partial charge is 0.310 e. The van der Waals surface area contributed by atoms with Crippen LogP contribution in [0.15, 0.2) is 36.1 Å². The third-order valence-corrected chi connectivity index (χ3v) is 4.90. The van der Waals surface area contributed by atoms with Crippen molar-refractivity contribution in [1.82, 2.24) is 4.90 Å². The lowest BCUT2D eigenvalue weighted by atomic mass is 9.87. The zero-order valence-corrected chi connectivity index (χ0v) is 13.4. The van der Waals surface area contributed by atoms with Gasteiger partial charge in [-0.3, -0.25) is 19.3 Å². The lowest BCUT2D eigenvalue weighted by Crippen LogP contribution is -2.35. The van der Waals surface area contributed by atoms with Crippen LogP contribution in [0.4, 0.5) is 0 Å². The molecule has 6 heteroatoms. The molecule has 2 amide bonds. The molecular weight excluding hydrogens is 310 g/mol. The van der Waals surface area contributed by atoms with Gasteiger partial charge in [0.15, 0.2) is 0 Å². The average molecular weight is 331 g/mol. The molecule has 6 nitrogen and oxygen atoms in total. The summed E-state index contributed by atoms with van der Waals surface area (Å²) in [5.74, 6) is -1.30. The largest absolute Gasteiger partial charge is 0.497 e. The Morgan fingerprint density at radius 1 is 1.21 bits per heavy atom. The maximum atomic E-state index is 11.7. The van der Waals surface area contributed by atoms with E-state index < -0.39 is 11.9 Å². The van der Waals surface area contributed by atoms with E-state index in [0.717, 1.165) is 18.4 Å². The highest BCUT2D eigenvalue weighted by Crippen LogP contribution is 2.41. The maximum absolute atomic E-state index is 11.7. The third kappa shape index (κ3) is 3.75. The zero-order chi connectivity index (χ0) is 17.1. The SMILES string of the molecule is O=C(O)C(CCC(CN1C(=O)C=CC1=O)C1CC1)C1=CCOC=C1. The fourth-order valence-corrected chi connectivity index (χ4v) is 3.36. The van der Waals surface area contributed by atoms with E-state index in [4.69, 9.17) is 4.74 Å². The number of allylic oxidation sites excluding steroid dienone is 1. The van der Waals surface area contributed by atoms with Crippen molar-refractivity contribution in [2.45, 2.75) is 25.7 Å². The number of nitrogens with zero attached hydrogens (tertiary/aromatic N) is 1. The molecule has 2 atom stereocenters. The van der Waals surface area contributed by atoms with Crippen molar-refractivity contribution in [2.24, 2.45) is 17.8 Å². The average Bonchev–Trinajstić information content (AvgIpc) is 3.36. The molecule has 3 aliphatic rings. The molecular formula is C18H21NO5. The number of carbonyl (C=O) groups excluding carboxylic acids is 2. The molecule has 0 spiro atoms. The summed E-state index contributed by atoms with van der Waals surface area (Å²) in [6.07, 6.45) is 11.0. The van der Waals surface area contributed by atoms with Crippen molar-refractivity contribution in [2.75, 3.05) is 13.2 Å². The first-order valence-electron chi connectivity index (χ1n) is 8.31. The number of rotatable bonds is 8. The van der Waals surface area contributed by atoms with E-state index in [1.807, 2.05) is 0 Å². The van der Waals surface area contributed by atoms with Crippen molar-refractivity contribution in [3.8, 4) is 0 Å². The second kappa shape index (κ2) is 7.03. The number of carboxylic acids is 1. The zero-order valence-electron chi connectivity index (χ0n) is 13.4. The van der Waals surface area contributed by atoms with Gasteiger partial charge in [-0.15, -0.1) is 0 Å². The quantitative estimate of drug-likeness (QED) is 0.687. The minimum absolute atomic E-state index is 0.170. The summed E-state index contributed by atoms with van der Waals surface area (Å²) in [5.41, 5.74) is 0.762. The number of carbonyl (C=O) groups is 3. The van der Waals surface area contributed by atoms with Crippen molar-refractivity contribution in [1.29, 1.82) is 0 Å². The normalized spacial score (nSPS) is 22.3. The minimum atomic E-state index is -0.850. The Balaban J connectivity index is 1.62. The Morgan fingerprint density at radius 3 is 2.46 bits per heavy atom. The monoisotopic (exact) mass is 331 g/mol. The Labute approximate surface area is 140 Å². The van der Waals surface area contributed by atoms with Crippen molar-refractivity contribution in [3.63, 3.8) is 0 Å². The van der Waals surface area contributed by atoms with Crippen LogP contribution in [-0.4, -0.2) is 40.9 Å². The molecule has 1 saturated carbocycles. The number of imide groups is 1. The second-order valence-electron chi connectivity index (χ2n) is 6.53. The number of carboxylic acid groups (broad SMARTS) is 1. The summed E-state index contributed by atoms with van der Waals surface area (Å²) in [4.78, 5) is 36.4. The highest BCUT2D eigenvalue weighted by Gasteiger charge is 2.36. The van der Waals surface area contributed by atoms with Crippen LogP contribution in [0.3, 0.4) is 0 Å². The molecule has 0 aromatic carbocycles. The number of hydrogen-bond donors (Lipinski definition) is 1. The van der Waals surface area contributed by atoms with Gasteiger partial charge in [0.25, 0.3) is 11.8 Å². The van der Waals surface area contributed by atoms with Crippen LogP contribution in [0.5, 0.6) is 0 Å². The van der Waals surface area contributed by atoms with E-state index in [9.17, 15) is 19.5 Å². The van der Waals surface area contributed by atoms with Crippen LogP contribution >= 0.6 is 0 Å². The van der Waals surface area contributed by atoms with Gasteiger partial charge in [0.1, 0.15) is 6.61 Å². The molecule has 24 heavy (non-hydrogen) atoms. The number of ether oxygens (including phenoxy) is 1. The molecule has 3 rings (SSSR count). The van der Waals surface area contributed by atoms with Gasteiger partial charge in [-0.1, -0.05) is 0 Å². The first-order valence-corrected chi connectivity index (χ1v) is 8.31. The number of hydrogen-bond acceptors (Lipinski definition) is 4. The lowest BCUT2D eigenvalue weighted by Gasteiger charge is -2.24. The van der Waals surface area contributed by atoms with Gasteiger partial charge in [-0.25, -0.2) is 0 Å². The molecule has 1 N–H and O–H groups in total. The molecule has 2 aliphatic heterocycles. The fraction of sp³-hybridized carbons (Fsp3) is 0.500. The predicted molar refractivity (Wildman–Crippen MR) is 85.6 cm³/mol. The highest BCUT2D eigenvalue weighted by molar-refractivity contribution is 6.12. The van der Waals surface area contributed by atoms with E-state index in [1.54, 1.807) is 12.2 Å². The van der Waals surface area contributed by atoms with Crippen LogP contribution in [0, 0.1) is 17.8 Å². The molecule has 0 aromatic heterocycles. The van der Waals surface area contributed by atoms with Crippen LogP contribution in [0.2, 0.25) is 0 Å². The summed E-state index contributed by atoms with van der Waals surface area (Å²) in [6.45, 7) is 0.782. The van der Waals surface area contributed by atoms with Crippen LogP contribution in [0.25, 0.3) is 0 Å². The number of amides is 2. The van der Waals surface area contributed by atoms with Gasteiger partial charge >= 0.3 is 5.97 Å². The van der Waals surface area contributed by atoms with E-state index in [0.29, 0.717) is 31.9 Å². The topological polar surface area (TPSA) is 83.9 Å². The van der Waals surface area contributed by atoms with Gasteiger partial charge in [0, 0.05) is 18.7 Å². The molecule has 0 saturated heterocycles. The predicted octanol–water partition coefficient (Wildman–Crippen LogP) is 1.89. The molecule has 0 radical (unpaired) electrons. The fourth-order valence-electron chi connectivity index (χ4n) is 3.36. The second-order valence-corrected chi connectivity index (χ2v) is 6.53. The van der Waals surface area contributed by atoms with Gasteiger partial charge in [0.2, 0.25) is 0 Å². The lowest BCUT2D eigenvalue weighted by molar-refractivity contribution is -0.141. The van der Waals surface area contributed by atoms with Crippen molar-refractivity contribution in [3.05, 3.63) is 36.1 Å². The van der Waals surface area contributed by atoms with Gasteiger partial charge < -0.3 is 9.84 Å². The molecule has 1 aliphatic carbocycles. The van der Waals surface area contributed by atoms with E-state index in [1.165, 1.54) is 23.3 Å². The van der Waals surface area contributed by atoms with Gasteiger partial charge in [-0.2, -0.15) is 0 Å². The van der Waals surface area contributed by atoms with Crippen LogP contribution in [0.1, 0.15) is 25.7 Å². The van der Waals surface area contributed by atoms with Crippen LogP contribution in [-0.2, 0) is 19.1 Å². The van der Waals surface area contributed by atoms with E-state index in [2.05, 4.69) is 0 Å². The molecule has 2 unspecified atom stereocenters. The minimum Gasteiger partial charge on any atom is -0.497 e. The van der Waals surface area contributed by atoms with E-state index >= 15 is 0 Å². The summed E-state index contributed by atoms with van der Waals surface area (Å²) >= 11 is 0. The first-order chi connectivity index (χ1) is 11.6. The van der Waals surface area contributed by atoms with E-state index in [-0.39, 0.29) is 17.7 Å². The Kier molecular flexibility index (Phi) is 4.83. The maximum Gasteiger partial charge on any atom is 0.310 e. The molecule has 2 heterocycles. The summed E-state index contributed by atoms with van der Waals surface area (Å²) in [5, 5.41) is 9.52. The molecule has 1 fully saturated rings. The number of aliphatic carboxylic acids is 1. The van der Waals surface area contributed by atoms with Gasteiger partial charge in [0.05, 0.1) is 12.2 Å². The van der Waals surface area contributed by atoms with Gasteiger partial charge in [-0.05, 0) is 55.2 Å². The molecule has 128 valence electrons. The summed E-state index contributed by atoms with van der Waals surface area (Å²) in [6, 6.07) is 0. The summed E-state index contributed by atoms with van der Waals surface area (Å²) < 4.78 is 5.08. The first kappa shape index (κ1) is 16.5. The summed E-state index contributed by atoms with van der Waals surface area (Å²) in [7, 11) is 0. The standard InChI is InChI=1S/C18H21NO5/c20-16-5-6-17(21)19(16)11-14(12-1-2-12)3-4-15(18(22)23)13-7-9-24-10-8-13/h5-9,12,14-15H,1-4,10-11H2,(H,22,23). The van der Waals surface area contributed by atoms with Crippen molar-refractivity contribution < 1.29 is 24.2 Å². The highest BCUT2D eigenvalue weighted by atomic mass is 16.5. The Morgan fingerprint density at radius 2 is 1.92 bits per heavy atom.